The maximum Gasteiger partial charge on any atom is 0.350 e. The zero-order chi connectivity index (χ0) is 12.1. The Balaban J connectivity index is 4.72. The highest BCUT2D eigenvalue weighted by Gasteiger charge is 2.35. The van der Waals surface area contributed by atoms with Crippen molar-refractivity contribution in [3.05, 3.63) is 12.2 Å². The Labute approximate surface area is 90.2 Å². The average Bonchev–Trinajstić information content (AvgIpc) is 2.12. The number of carbonyl (C=O) groups excluding carboxylic acids is 2. The van der Waals surface area contributed by atoms with Gasteiger partial charge in [-0.05, 0) is 17.9 Å². The maximum atomic E-state index is 11.6. The first-order valence-electron chi connectivity index (χ1n) is 4.81. The summed E-state index contributed by atoms with van der Waals surface area (Å²) in [6.45, 7) is 11.0. The topological polar surface area (TPSA) is 52.6 Å². The Hall–Kier alpha value is -1.16. The van der Waals surface area contributed by atoms with Crippen molar-refractivity contribution in [1.29, 1.82) is 0 Å². The van der Waals surface area contributed by atoms with Crippen molar-refractivity contribution in [1.82, 2.24) is 0 Å². The molecule has 86 valence electrons. The van der Waals surface area contributed by atoms with Gasteiger partial charge in [-0.1, -0.05) is 27.4 Å². The number of hydrogen-bond donors (Lipinski definition) is 0. The van der Waals surface area contributed by atoms with E-state index in [1.165, 1.54) is 0 Å². The number of carbonyl (C=O) groups is 2. The molecule has 0 saturated heterocycles. The van der Waals surface area contributed by atoms with Crippen LogP contribution in [0.3, 0.4) is 0 Å². The largest absolute Gasteiger partial charge is 0.350 e. The zero-order valence-electron chi connectivity index (χ0n) is 9.70. The number of aldehydes is 1. The van der Waals surface area contributed by atoms with Gasteiger partial charge in [0.2, 0.25) is 0 Å². The van der Waals surface area contributed by atoms with Gasteiger partial charge in [0.1, 0.15) is 6.29 Å². The second kappa shape index (κ2) is 5.66. The van der Waals surface area contributed by atoms with E-state index < -0.39 is 17.3 Å². The molecule has 0 aromatic rings. The lowest BCUT2D eigenvalue weighted by atomic mass is 9.77. The van der Waals surface area contributed by atoms with E-state index in [4.69, 9.17) is 0 Å². The Morgan fingerprint density at radius 1 is 1.47 bits per heavy atom. The third-order valence-corrected chi connectivity index (χ3v) is 1.88. The fraction of sp³-hybridized carbons (Fsp3) is 0.636. The summed E-state index contributed by atoms with van der Waals surface area (Å²) in [7, 11) is 0. The second-order valence-electron chi connectivity index (χ2n) is 4.30. The molecule has 0 aliphatic rings. The molecular weight excluding hydrogens is 196 g/mol. The van der Waals surface area contributed by atoms with Gasteiger partial charge in [-0.25, -0.2) is 4.79 Å². The molecule has 0 aromatic carbocycles. The van der Waals surface area contributed by atoms with Crippen LogP contribution in [0.5, 0.6) is 0 Å². The van der Waals surface area contributed by atoms with Crippen LogP contribution in [0.15, 0.2) is 12.2 Å². The van der Waals surface area contributed by atoms with Crippen molar-refractivity contribution >= 4 is 12.3 Å². The lowest BCUT2D eigenvalue weighted by molar-refractivity contribution is -0.274. The zero-order valence-corrected chi connectivity index (χ0v) is 9.70. The Kier molecular flexibility index (Phi) is 5.22. The third kappa shape index (κ3) is 4.25. The predicted octanol–water partition coefficient (Wildman–Crippen LogP) is 1.90. The molecule has 0 amide bonds. The first-order valence-corrected chi connectivity index (χ1v) is 4.81. The predicted molar refractivity (Wildman–Crippen MR) is 55.9 cm³/mol. The molecule has 0 aliphatic carbocycles. The van der Waals surface area contributed by atoms with Crippen LogP contribution in [-0.4, -0.2) is 18.9 Å². The van der Waals surface area contributed by atoms with Gasteiger partial charge in [-0.15, -0.1) is 0 Å². The Morgan fingerprint density at radius 2 is 2.00 bits per heavy atom. The van der Waals surface area contributed by atoms with Crippen LogP contribution in [0.4, 0.5) is 0 Å². The van der Waals surface area contributed by atoms with Crippen molar-refractivity contribution in [3.8, 4) is 0 Å². The summed E-state index contributed by atoms with van der Waals surface area (Å²) in [4.78, 5) is 31.3. The fourth-order valence-corrected chi connectivity index (χ4v) is 1.29. The van der Waals surface area contributed by atoms with Crippen molar-refractivity contribution in [2.24, 2.45) is 11.3 Å². The van der Waals surface area contributed by atoms with Crippen molar-refractivity contribution in [2.75, 3.05) is 6.61 Å². The summed E-state index contributed by atoms with van der Waals surface area (Å²) in [5, 5.41) is 0. The fourth-order valence-electron chi connectivity index (χ4n) is 1.29. The van der Waals surface area contributed by atoms with Gasteiger partial charge >= 0.3 is 5.97 Å². The molecular formula is C11H18O4. The smallest absolute Gasteiger partial charge is 0.298 e. The minimum Gasteiger partial charge on any atom is -0.298 e. The molecule has 0 saturated carbocycles. The van der Waals surface area contributed by atoms with E-state index in [2.05, 4.69) is 16.4 Å². The molecule has 1 unspecified atom stereocenters. The van der Waals surface area contributed by atoms with Crippen LogP contribution in [0, 0.1) is 11.3 Å². The van der Waals surface area contributed by atoms with Crippen molar-refractivity contribution in [3.63, 3.8) is 0 Å². The van der Waals surface area contributed by atoms with Gasteiger partial charge in [0.05, 0.1) is 12.5 Å². The number of rotatable bonds is 5. The van der Waals surface area contributed by atoms with E-state index in [9.17, 15) is 9.59 Å². The van der Waals surface area contributed by atoms with Gasteiger partial charge in [0.15, 0.2) is 0 Å². The van der Waals surface area contributed by atoms with Gasteiger partial charge in [0, 0.05) is 0 Å². The molecule has 0 rings (SSSR count). The molecule has 0 aliphatic heterocycles. The van der Waals surface area contributed by atoms with Crippen LogP contribution in [0.2, 0.25) is 0 Å². The highest BCUT2D eigenvalue weighted by atomic mass is 17.2. The minimum absolute atomic E-state index is 0.201. The Morgan fingerprint density at radius 3 is 2.33 bits per heavy atom. The van der Waals surface area contributed by atoms with Crippen LogP contribution < -0.4 is 0 Å². The van der Waals surface area contributed by atoms with Crippen LogP contribution >= 0.6 is 0 Å². The average molecular weight is 214 g/mol. The summed E-state index contributed by atoms with van der Waals surface area (Å²) in [6, 6.07) is 0. The minimum atomic E-state index is -0.679. The molecule has 1 atom stereocenters. The third-order valence-electron chi connectivity index (χ3n) is 1.88. The lowest BCUT2D eigenvalue weighted by Crippen LogP contribution is -2.32. The molecule has 0 aromatic heterocycles. The molecule has 0 fully saturated rings. The number of hydrogen-bond acceptors (Lipinski definition) is 4. The molecule has 0 radical (unpaired) electrons. The van der Waals surface area contributed by atoms with Gasteiger partial charge in [-0.3, -0.25) is 9.68 Å². The van der Waals surface area contributed by atoms with Gasteiger partial charge < -0.3 is 0 Å². The summed E-state index contributed by atoms with van der Waals surface area (Å²) in [5.74, 6) is -1.26. The molecule has 0 heterocycles. The molecule has 4 nitrogen and oxygen atoms in total. The van der Waals surface area contributed by atoms with E-state index in [1.807, 2.05) is 20.8 Å². The molecule has 0 bridgehead atoms. The standard InChI is InChI=1S/C11H18O4/c1-6-14-15-10(13)9(8(2)7-12)11(3,4)5/h7,9H,2,6H2,1,3-5H3. The summed E-state index contributed by atoms with van der Waals surface area (Å²) in [5.41, 5.74) is -0.223. The van der Waals surface area contributed by atoms with Crippen molar-refractivity contribution in [2.45, 2.75) is 27.7 Å². The van der Waals surface area contributed by atoms with Crippen LogP contribution in [0.25, 0.3) is 0 Å². The van der Waals surface area contributed by atoms with E-state index in [0.29, 0.717) is 6.29 Å². The normalized spacial score (nSPS) is 13.1. The summed E-state index contributed by atoms with van der Waals surface area (Å²) < 4.78 is 0. The molecule has 0 N–H and O–H groups in total. The van der Waals surface area contributed by atoms with E-state index in [0.717, 1.165) is 0 Å². The first kappa shape index (κ1) is 13.8. The maximum absolute atomic E-state index is 11.6. The monoisotopic (exact) mass is 214 g/mol. The highest BCUT2D eigenvalue weighted by Crippen LogP contribution is 2.31. The molecule has 15 heavy (non-hydrogen) atoms. The van der Waals surface area contributed by atoms with Crippen molar-refractivity contribution < 1.29 is 19.4 Å². The van der Waals surface area contributed by atoms with Gasteiger partial charge in [-0.2, -0.15) is 4.89 Å². The van der Waals surface area contributed by atoms with E-state index in [1.54, 1.807) is 6.92 Å². The molecule has 4 heteroatoms. The molecule has 0 spiro atoms. The SMILES string of the molecule is C=C(C=O)C(C(=O)OOCC)C(C)(C)C. The summed E-state index contributed by atoms with van der Waals surface area (Å²) >= 11 is 0. The second-order valence-corrected chi connectivity index (χ2v) is 4.30. The quantitative estimate of drug-likeness (QED) is 0.303. The highest BCUT2D eigenvalue weighted by molar-refractivity contribution is 5.86. The first-order chi connectivity index (χ1) is 6.84. The lowest BCUT2D eigenvalue weighted by Gasteiger charge is -2.27. The van der Waals surface area contributed by atoms with Crippen LogP contribution in [-0.2, 0) is 19.4 Å². The Bertz CT molecular complexity index is 250. The van der Waals surface area contributed by atoms with Gasteiger partial charge in [0.25, 0.3) is 0 Å². The van der Waals surface area contributed by atoms with Crippen LogP contribution in [0.1, 0.15) is 27.7 Å². The van der Waals surface area contributed by atoms with E-state index >= 15 is 0 Å². The summed E-state index contributed by atoms with van der Waals surface area (Å²) in [6.07, 6.45) is 0.573. The van der Waals surface area contributed by atoms with E-state index in [-0.39, 0.29) is 12.2 Å².